The fourth-order valence-corrected chi connectivity index (χ4v) is 2.56. The van der Waals surface area contributed by atoms with Gasteiger partial charge in [0.05, 0.1) is 19.8 Å². The maximum Gasteiger partial charge on any atom is 0.320 e. The molecule has 2 fully saturated rings. The molecule has 6 heteroatoms. The van der Waals surface area contributed by atoms with Crippen LogP contribution in [0.25, 0.3) is 0 Å². The number of aromatic nitrogens is 1. The Morgan fingerprint density at radius 1 is 1.20 bits per heavy atom. The summed E-state index contributed by atoms with van der Waals surface area (Å²) in [6, 6.07) is 3.79. The third-order valence-electron chi connectivity index (χ3n) is 3.65. The van der Waals surface area contributed by atoms with Crippen molar-refractivity contribution < 1.29 is 14.3 Å². The van der Waals surface area contributed by atoms with Gasteiger partial charge in [-0.3, -0.25) is 4.98 Å². The molecule has 2 amide bonds. The van der Waals surface area contributed by atoms with Gasteiger partial charge >= 0.3 is 6.03 Å². The maximum absolute atomic E-state index is 12.3. The number of hydrogen-bond donors (Lipinski definition) is 0. The Kier molecular flexibility index (Phi) is 4.01. The number of carbonyl (C=O) groups excluding carboxylic acids is 1. The zero-order valence-corrected chi connectivity index (χ0v) is 11.4. The summed E-state index contributed by atoms with van der Waals surface area (Å²) in [6.45, 7) is 4.05. The molecule has 0 aliphatic carbocycles. The molecule has 2 saturated heterocycles. The monoisotopic (exact) mass is 277 g/mol. The summed E-state index contributed by atoms with van der Waals surface area (Å²) in [5.41, 5.74) is 0. The van der Waals surface area contributed by atoms with Gasteiger partial charge in [0.25, 0.3) is 0 Å². The second-order valence-corrected chi connectivity index (χ2v) is 5.04. The Hall–Kier alpha value is -1.82. The highest BCUT2D eigenvalue weighted by Gasteiger charge is 2.31. The van der Waals surface area contributed by atoms with E-state index >= 15 is 0 Å². The molecule has 0 radical (unpaired) electrons. The van der Waals surface area contributed by atoms with Gasteiger partial charge in [0, 0.05) is 38.4 Å². The lowest BCUT2D eigenvalue weighted by atomic mass is 10.3. The molecule has 2 aliphatic heterocycles. The van der Waals surface area contributed by atoms with Crippen LogP contribution < -0.4 is 4.74 Å². The number of amides is 2. The third kappa shape index (κ3) is 3.01. The van der Waals surface area contributed by atoms with Crippen molar-refractivity contribution in [3.63, 3.8) is 0 Å². The zero-order valence-electron chi connectivity index (χ0n) is 11.4. The van der Waals surface area contributed by atoms with E-state index in [2.05, 4.69) is 4.98 Å². The molecular weight excluding hydrogens is 258 g/mol. The molecule has 0 saturated carbocycles. The summed E-state index contributed by atoms with van der Waals surface area (Å²) in [7, 11) is 0. The third-order valence-corrected chi connectivity index (χ3v) is 3.65. The zero-order chi connectivity index (χ0) is 13.8. The number of likely N-dealkylation sites (tertiary alicyclic amines) is 1. The summed E-state index contributed by atoms with van der Waals surface area (Å²) in [6.07, 6.45) is 4.36. The molecule has 0 unspecified atom stereocenters. The van der Waals surface area contributed by atoms with Crippen LogP contribution in [0.5, 0.6) is 5.75 Å². The second-order valence-electron chi connectivity index (χ2n) is 5.04. The van der Waals surface area contributed by atoms with Crippen molar-refractivity contribution in [1.82, 2.24) is 14.8 Å². The van der Waals surface area contributed by atoms with Crippen LogP contribution >= 0.6 is 0 Å². The summed E-state index contributed by atoms with van der Waals surface area (Å²) in [5.74, 6) is 0.811. The van der Waals surface area contributed by atoms with Gasteiger partial charge in [-0.2, -0.15) is 0 Å². The molecule has 0 spiro atoms. The fourth-order valence-electron chi connectivity index (χ4n) is 2.56. The van der Waals surface area contributed by atoms with E-state index in [0.29, 0.717) is 32.8 Å². The molecule has 108 valence electrons. The van der Waals surface area contributed by atoms with Crippen molar-refractivity contribution in [2.75, 3.05) is 39.4 Å². The first-order valence-corrected chi connectivity index (χ1v) is 7.01. The normalized spacial score (nSPS) is 22.9. The van der Waals surface area contributed by atoms with E-state index < -0.39 is 0 Å². The minimum atomic E-state index is 0.0717. The van der Waals surface area contributed by atoms with Crippen molar-refractivity contribution in [3.8, 4) is 5.75 Å². The quantitative estimate of drug-likeness (QED) is 0.809. The van der Waals surface area contributed by atoms with Crippen LogP contribution in [-0.4, -0.2) is 66.3 Å². The smallest absolute Gasteiger partial charge is 0.320 e. The Morgan fingerprint density at radius 3 is 2.70 bits per heavy atom. The number of hydrogen-bond acceptors (Lipinski definition) is 4. The SMILES string of the molecule is O=C(N1CCOCC1)N1CC[C@H](Oc2ccncc2)C1. The van der Waals surface area contributed by atoms with E-state index in [1.54, 1.807) is 12.4 Å². The number of morpholine rings is 1. The van der Waals surface area contributed by atoms with Gasteiger partial charge in [-0.05, 0) is 12.1 Å². The average Bonchev–Trinajstić information content (AvgIpc) is 2.97. The maximum atomic E-state index is 12.3. The highest BCUT2D eigenvalue weighted by atomic mass is 16.5. The first kappa shape index (κ1) is 13.2. The summed E-state index contributed by atoms with van der Waals surface area (Å²) in [5, 5.41) is 0. The van der Waals surface area contributed by atoms with Gasteiger partial charge in [-0.25, -0.2) is 4.79 Å². The van der Waals surface area contributed by atoms with Gasteiger partial charge < -0.3 is 19.3 Å². The predicted molar refractivity (Wildman–Crippen MR) is 72.6 cm³/mol. The average molecular weight is 277 g/mol. The Labute approximate surface area is 118 Å². The Bertz CT molecular complexity index is 448. The van der Waals surface area contributed by atoms with Crippen LogP contribution in [0, 0.1) is 0 Å². The first-order chi connectivity index (χ1) is 9.83. The molecule has 3 heterocycles. The Balaban J connectivity index is 1.52. The lowest BCUT2D eigenvalue weighted by Crippen LogP contribution is -2.47. The van der Waals surface area contributed by atoms with Gasteiger partial charge in [-0.1, -0.05) is 0 Å². The molecule has 1 atom stereocenters. The van der Waals surface area contributed by atoms with Crippen LogP contribution in [0.2, 0.25) is 0 Å². The highest BCUT2D eigenvalue weighted by Crippen LogP contribution is 2.18. The number of rotatable bonds is 2. The highest BCUT2D eigenvalue weighted by molar-refractivity contribution is 5.75. The van der Waals surface area contributed by atoms with Gasteiger partial charge in [0.1, 0.15) is 11.9 Å². The molecule has 0 bridgehead atoms. The van der Waals surface area contributed by atoms with Crippen molar-refractivity contribution >= 4 is 6.03 Å². The van der Waals surface area contributed by atoms with Crippen molar-refractivity contribution in [2.45, 2.75) is 12.5 Å². The van der Waals surface area contributed by atoms with E-state index in [-0.39, 0.29) is 12.1 Å². The molecule has 0 aromatic carbocycles. The number of urea groups is 1. The molecule has 1 aromatic rings. The van der Waals surface area contributed by atoms with Gasteiger partial charge in [-0.15, -0.1) is 0 Å². The minimum Gasteiger partial charge on any atom is -0.488 e. The molecular formula is C14H19N3O3. The van der Waals surface area contributed by atoms with Crippen LogP contribution in [0.3, 0.4) is 0 Å². The summed E-state index contributed by atoms with van der Waals surface area (Å²) in [4.78, 5) is 20.0. The van der Waals surface area contributed by atoms with Crippen LogP contribution in [-0.2, 0) is 4.74 Å². The molecule has 20 heavy (non-hydrogen) atoms. The fraction of sp³-hybridized carbons (Fsp3) is 0.571. The predicted octanol–water partition coefficient (Wildman–Crippen LogP) is 0.987. The summed E-state index contributed by atoms with van der Waals surface area (Å²) >= 11 is 0. The molecule has 2 aliphatic rings. The molecule has 6 nitrogen and oxygen atoms in total. The van der Waals surface area contributed by atoms with E-state index in [1.807, 2.05) is 21.9 Å². The number of carbonyl (C=O) groups is 1. The van der Waals surface area contributed by atoms with Crippen LogP contribution in [0.4, 0.5) is 4.79 Å². The second kappa shape index (κ2) is 6.09. The topological polar surface area (TPSA) is 54.9 Å². The largest absolute Gasteiger partial charge is 0.488 e. The van der Waals surface area contributed by atoms with Crippen molar-refractivity contribution in [3.05, 3.63) is 24.5 Å². The standard InChI is InChI=1S/C14H19N3O3/c18-14(16-7-9-19-10-8-16)17-6-3-13(11-17)20-12-1-4-15-5-2-12/h1-2,4-5,13H,3,6-11H2/t13-/m0/s1. The molecule has 1 aromatic heterocycles. The number of nitrogens with zero attached hydrogens (tertiary/aromatic N) is 3. The van der Waals surface area contributed by atoms with E-state index in [4.69, 9.17) is 9.47 Å². The van der Waals surface area contributed by atoms with Gasteiger partial charge in [0.2, 0.25) is 0 Å². The number of pyridine rings is 1. The Morgan fingerprint density at radius 2 is 1.95 bits per heavy atom. The van der Waals surface area contributed by atoms with Gasteiger partial charge in [0.15, 0.2) is 0 Å². The van der Waals surface area contributed by atoms with E-state index in [0.717, 1.165) is 18.7 Å². The van der Waals surface area contributed by atoms with Crippen LogP contribution in [0.1, 0.15) is 6.42 Å². The summed E-state index contributed by atoms with van der Waals surface area (Å²) < 4.78 is 11.1. The lowest BCUT2D eigenvalue weighted by molar-refractivity contribution is 0.0443. The van der Waals surface area contributed by atoms with Crippen molar-refractivity contribution in [2.24, 2.45) is 0 Å². The minimum absolute atomic E-state index is 0.0717. The van der Waals surface area contributed by atoms with E-state index in [9.17, 15) is 4.79 Å². The van der Waals surface area contributed by atoms with Crippen molar-refractivity contribution in [1.29, 1.82) is 0 Å². The molecule has 3 rings (SSSR count). The lowest BCUT2D eigenvalue weighted by Gasteiger charge is -2.30. The molecule has 0 N–H and O–H groups in total. The first-order valence-electron chi connectivity index (χ1n) is 7.01. The van der Waals surface area contributed by atoms with Crippen LogP contribution in [0.15, 0.2) is 24.5 Å². The van der Waals surface area contributed by atoms with E-state index in [1.165, 1.54) is 0 Å². The number of ether oxygens (including phenoxy) is 2.